The zero-order chi connectivity index (χ0) is 14.9. The van der Waals surface area contributed by atoms with Crippen molar-refractivity contribution in [2.75, 3.05) is 19.6 Å². The van der Waals surface area contributed by atoms with E-state index in [0.29, 0.717) is 5.92 Å². The number of aromatic nitrogens is 4. The molecule has 112 valence electrons. The fourth-order valence-electron chi connectivity index (χ4n) is 3.59. The summed E-state index contributed by atoms with van der Waals surface area (Å²) < 4.78 is 0. The Kier molecular flexibility index (Phi) is 3.76. The zero-order valence-corrected chi connectivity index (χ0v) is 13.0. The van der Waals surface area contributed by atoms with Crippen LogP contribution in [0.3, 0.4) is 0 Å². The van der Waals surface area contributed by atoms with E-state index >= 15 is 0 Å². The SMILES string of the molecule is CCN1CCC(c2ccccc2)(c2nnn(C)n2)C(C)C1. The fraction of sp³-hybridized carbons (Fsp3) is 0.562. The summed E-state index contributed by atoms with van der Waals surface area (Å²) in [7, 11) is 1.83. The molecule has 0 aliphatic carbocycles. The molecule has 0 saturated carbocycles. The molecule has 0 bridgehead atoms. The highest BCUT2D eigenvalue weighted by atomic mass is 15.6. The van der Waals surface area contributed by atoms with Gasteiger partial charge < -0.3 is 4.90 Å². The van der Waals surface area contributed by atoms with Crippen LogP contribution in [-0.4, -0.2) is 44.7 Å². The van der Waals surface area contributed by atoms with Crippen LogP contribution in [0.2, 0.25) is 0 Å². The fourth-order valence-corrected chi connectivity index (χ4v) is 3.59. The maximum absolute atomic E-state index is 4.56. The minimum absolute atomic E-state index is 0.124. The number of tetrazole rings is 1. The van der Waals surface area contributed by atoms with Gasteiger partial charge >= 0.3 is 0 Å². The molecule has 2 heterocycles. The minimum atomic E-state index is -0.124. The van der Waals surface area contributed by atoms with E-state index in [2.05, 4.69) is 64.5 Å². The molecule has 1 aromatic heterocycles. The van der Waals surface area contributed by atoms with E-state index in [1.54, 1.807) is 4.80 Å². The highest BCUT2D eigenvalue weighted by Crippen LogP contribution is 2.43. The van der Waals surface area contributed by atoms with Crippen molar-refractivity contribution in [2.45, 2.75) is 25.7 Å². The zero-order valence-electron chi connectivity index (χ0n) is 13.0. The summed E-state index contributed by atoms with van der Waals surface area (Å²) in [6.07, 6.45) is 1.04. The Morgan fingerprint density at radius 3 is 2.62 bits per heavy atom. The molecule has 2 unspecified atom stereocenters. The van der Waals surface area contributed by atoms with E-state index in [4.69, 9.17) is 0 Å². The summed E-state index contributed by atoms with van der Waals surface area (Å²) in [5, 5.41) is 13.0. The molecular formula is C16H23N5. The third-order valence-electron chi connectivity index (χ3n) is 4.84. The van der Waals surface area contributed by atoms with Gasteiger partial charge in [-0.15, -0.1) is 10.2 Å². The molecule has 0 radical (unpaired) electrons. The first-order valence-electron chi connectivity index (χ1n) is 7.69. The number of piperidine rings is 1. The van der Waals surface area contributed by atoms with Crippen molar-refractivity contribution in [2.24, 2.45) is 13.0 Å². The van der Waals surface area contributed by atoms with E-state index in [1.165, 1.54) is 5.56 Å². The lowest BCUT2D eigenvalue weighted by Gasteiger charge is -2.45. The van der Waals surface area contributed by atoms with Gasteiger partial charge in [0.15, 0.2) is 5.82 Å². The Balaban J connectivity index is 2.08. The summed E-state index contributed by atoms with van der Waals surface area (Å²) in [5.74, 6) is 1.32. The Labute approximate surface area is 126 Å². The van der Waals surface area contributed by atoms with E-state index in [1.807, 2.05) is 7.05 Å². The number of aryl methyl sites for hydroxylation is 1. The third-order valence-corrected chi connectivity index (χ3v) is 4.84. The Bertz CT molecular complexity index is 594. The van der Waals surface area contributed by atoms with Gasteiger partial charge in [0, 0.05) is 6.54 Å². The second-order valence-electron chi connectivity index (χ2n) is 5.98. The summed E-state index contributed by atoms with van der Waals surface area (Å²) in [4.78, 5) is 4.07. The van der Waals surface area contributed by atoms with Crippen LogP contribution in [0.25, 0.3) is 0 Å². The quantitative estimate of drug-likeness (QED) is 0.863. The molecule has 5 nitrogen and oxygen atoms in total. The molecule has 1 aromatic carbocycles. The molecule has 2 aromatic rings. The van der Waals surface area contributed by atoms with Crippen LogP contribution in [0.4, 0.5) is 0 Å². The standard InChI is InChI=1S/C16H23N5/c1-4-21-11-10-16(13(2)12-21,14-8-6-5-7-9-14)15-17-19-20(3)18-15/h5-9,13H,4,10-12H2,1-3H3. The lowest BCUT2D eigenvalue weighted by Crippen LogP contribution is -2.50. The van der Waals surface area contributed by atoms with Gasteiger partial charge in [0.2, 0.25) is 0 Å². The molecule has 1 saturated heterocycles. The largest absolute Gasteiger partial charge is 0.303 e. The molecule has 1 aliphatic rings. The van der Waals surface area contributed by atoms with Gasteiger partial charge in [0.1, 0.15) is 0 Å². The molecule has 3 rings (SSSR count). The van der Waals surface area contributed by atoms with Crippen LogP contribution in [0.5, 0.6) is 0 Å². The first-order chi connectivity index (χ1) is 10.2. The number of rotatable bonds is 3. The average Bonchev–Trinajstić information content (AvgIpc) is 2.95. The molecule has 0 N–H and O–H groups in total. The van der Waals surface area contributed by atoms with Crippen molar-refractivity contribution < 1.29 is 0 Å². The molecule has 2 atom stereocenters. The second-order valence-corrected chi connectivity index (χ2v) is 5.98. The Hall–Kier alpha value is -1.75. The van der Waals surface area contributed by atoms with Crippen LogP contribution in [0.1, 0.15) is 31.7 Å². The Morgan fingerprint density at radius 2 is 2.05 bits per heavy atom. The van der Waals surface area contributed by atoms with Gasteiger partial charge in [-0.25, -0.2) is 0 Å². The number of benzene rings is 1. The van der Waals surface area contributed by atoms with Crippen LogP contribution in [0, 0.1) is 5.92 Å². The monoisotopic (exact) mass is 285 g/mol. The van der Waals surface area contributed by atoms with Gasteiger partial charge in [0.05, 0.1) is 12.5 Å². The summed E-state index contributed by atoms with van der Waals surface area (Å²) in [6, 6.07) is 10.7. The summed E-state index contributed by atoms with van der Waals surface area (Å²) >= 11 is 0. The molecule has 0 spiro atoms. The average molecular weight is 285 g/mol. The van der Waals surface area contributed by atoms with Crippen molar-refractivity contribution in [3.63, 3.8) is 0 Å². The summed E-state index contributed by atoms with van der Waals surface area (Å²) in [5.41, 5.74) is 1.18. The van der Waals surface area contributed by atoms with Crippen LogP contribution < -0.4 is 0 Å². The van der Waals surface area contributed by atoms with E-state index in [-0.39, 0.29) is 5.41 Å². The Morgan fingerprint density at radius 1 is 1.29 bits per heavy atom. The molecular weight excluding hydrogens is 262 g/mol. The van der Waals surface area contributed by atoms with Gasteiger partial charge in [-0.3, -0.25) is 0 Å². The smallest absolute Gasteiger partial charge is 0.185 e. The molecule has 1 aliphatic heterocycles. The highest BCUT2D eigenvalue weighted by Gasteiger charge is 2.46. The third kappa shape index (κ3) is 2.35. The van der Waals surface area contributed by atoms with E-state index in [9.17, 15) is 0 Å². The van der Waals surface area contributed by atoms with Crippen molar-refractivity contribution in [3.8, 4) is 0 Å². The molecule has 21 heavy (non-hydrogen) atoms. The topological polar surface area (TPSA) is 46.8 Å². The van der Waals surface area contributed by atoms with Crippen molar-refractivity contribution >= 4 is 0 Å². The minimum Gasteiger partial charge on any atom is -0.303 e. The molecule has 1 fully saturated rings. The van der Waals surface area contributed by atoms with E-state index < -0.39 is 0 Å². The first-order valence-corrected chi connectivity index (χ1v) is 7.69. The van der Waals surface area contributed by atoms with Gasteiger partial charge in [-0.05, 0) is 36.2 Å². The maximum atomic E-state index is 4.56. The van der Waals surface area contributed by atoms with Gasteiger partial charge in [-0.1, -0.05) is 44.2 Å². The lowest BCUT2D eigenvalue weighted by atomic mass is 9.66. The predicted octanol–water partition coefficient (Wildman–Crippen LogP) is 1.86. The van der Waals surface area contributed by atoms with E-state index in [0.717, 1.165) is 31.9 Å². The van der Waals surface area contributed by atoms with Crippen LogP contribution in [0.15, 0.2) is 30.3 Å². The molecule has 0 amide bonds. The predicted molar refractivity (Wildman–Crippen MR) is 81.9 cm³/mol. The normalized spacial score (nSPS) is 26.9. The van der Waals surface area contributed by atoms with Crippen LogP contribution in [-0.2, 0) is 12.5 Å². The highest BCUT2D eigenvalue weighted by molar-refractivity contribution is 5.34. The first kappa shape index (κ1) is 14.2. The summed E-state index contributed by atoms with van der Waals surface area (Å²) in [6.45, 7) is 7.79. The van der Waals surface area contributed by atoms with Crippen molar-refractivity contribution in [1.82, 2.24) is 25.1 Å². The number of hydrogen-bond donors (Lipinski definition) is 0. The molecule has 5 heteroatoms. The lowest BCUT2D eigenvalue weighted by molar-refractivity contribution is 0.123. The second kappa shape index (κ2) is 5.56. The number of nitrogens with zero attached hydrogens (tertiary/aromatic N) is 5. The van der Waals surface area contributed by atoms with Gasteiger partial charge in [0.25, 0.3) is 0 Å². The number of hydrogen-bond acceptors (Lipinski definition) is 4. The van der Waals surface area contributed by atoms with Crippen LogP contribution >= 0.6 is 0 Å². The number of likely N-dealkylation sites (tertiary alicyclic amines) is 1. The van der Waals surface area contributed by atoms with Crippen molar-refractivity contribution in [1.29, 1.82) is 0 Å². The van der Waals surface area contributed by atoms with Gasteiger partial charge in [-0.2, -0.15) is 4.80 Å². The van der Waals surface area contributed by atoms with Crippen molar-refractivity contribution in [3.05, 3.63) is 41.7 Å². The maximum Gasteiger partial charge on any atom is 0.185 e.